The summed E-state index contributed by atoms with van der Waals surface area (Å²) in [6, 6.07) is 0.214. The molecule has 1 heterocycles. The van der Waals surface area contributed by atoms with E-state index in [2.05, 4.69) is 4.98 Å². The van der Waals surface area contributed by atoms with E-state index in [1.54, 1.807) is 18.7 Å². The number of rotatable bonds is 6. The maximum atomic E-state index is 12.8. The second-order valence-corrected chi connectivity index (χ2v) is 5.59. The zero-order chi connectivity index (χ0) is 15.6. The number of aliphatic hydroxyl groups is 1. The fraction of sp³-hybridized carbons (Fsp3) is 0.600. The monoisotopic (exact) mass is 294 g/mol. The Balaban J connectivity index is 2.29. The maximum absolute atomic E-state index is 12.8. The van der Waals surface area contributed by atoms with Gasteiger partial charge in [0.1, 0.15) is 5.69 Å². The Morgan fingerprint density at radius 3 is 2.43 bits per heavy atom. The molecular weight excluding hydrogens is 272 g/mol. The lowest BCUT2D eigenvalue weighted by atomic mass is 9.90. The van der Waals surface area contributed by atoms with E-state index in [0.29, 0.717) is 29.8 Å². The quantitative estimate of drug-likeness (QED) is 0.744. The van der Waals surface area contributed by atoms with Crippen LogP contribution in [0.15, 0.2) is 0 Å². The van der Waals surface area contributed by atoms with Crippen molar-refractivity contribution in [2.75, 3.05) is 13.2 Å². The van der Waals surface area contributed by atoms with E-state index < -0.39 is 5.97 Å². The summed E-state index contributed by atoms with van der Waals surface area (Å²) in [6.07, 6.45) is 3.60. The largest absolute Gasteiger partial charge is 0.477 e. The molecular formula is C15H22N2O4. The van der Waals surface area contributed by atoms with Crippen molar-refractivity contribution in [2.45, 2.75) is 45.6 Å². The second kappa shape index (κ2) is 6.30. The Labute approximate surface area is 123 Å². The van der Waals surface area contributed by atoms with Gasteiger partial charge in [-0.15, -0.1) is 0 Å². The number of H-pyrrole nitrogens is 1. The summed E-state index contributed by atoms with van der Waals surface area (Å²) in [4.78, 5) is 28.5. The van der Waals surface area contributed by atoms with Crippen molar-refractivity contribution in [1.82, 2.24) is 9.88 Å². The molecule has 2 rings (SSSR count). The molecule has 6 nitrogen and oxygen atoms in total. The fourth-order valence-electron chi connectivity index (χ4n) is 2.82. The van der Waals surface area contributed by atoms with Crippen LogP contribution in [0, 0.1) is 13.8 Å². The molecule has 6 heteroatoms. The molecule has 0 aliphatic heterocycles. The molecule has 3 N–H and O–H groups in total. The number of aryl methyl sites for hydroxylation is 1. The number of aromatic nitrogens is 1. The Hall–Kier alpha value is -1.82. The van der Waals surface area contributed by atoms with E-state index in [9.17, 15) is 9.59 Å². The number of carboxylic acid groups (broad SMARTS) is 1. The van der Waals surface area contributed by atoms with Gasteiger partial charge in [0.25, 0.3) is 5.91 Å². The zero-order valence-corrected chi connectivity index (χ0v) is 12.5. The van der Waals surface area contributed by atoms with Crippen molar-refractivity contribution < 1.29 is 19.8 Å². The van der Waals surface area contributed by atoms with Crippen molar-refractivity contribution in [2.24, 2.45) is 0 Å². The van der Waals surface area contributed by atoms with Crippen LogP contribution in [0.3, 0.4) is 0 Å². The lowest BCUT2D eigenvalue weighted by molar-refractivity contribution is 0.0561. The van der Waals surface area contributed by atoms with Gasteiger partial charge >= 0.3 is 5.97 Å². The number of nitrogens with one attached hydrogen (secondary N) is 1. The Morgan fingerprint density at radius 2 is 2.00 bits per heavy atom. The molecule has 1 aliphatic carbocycles. The molecule has 0 radical (unpaired) electrons. The first-order valence-electron chi connectivity index (χ1n) is 7.31. The maximum Gasteiger partial charge on any atom is 0.352 e. The average Bonchev–Trinajstić information content (AvgIpc) is 2.67. The molecule has 1 aromatic heterocycles. The van der Waals surface area contributed by atoms with Gasteiger partial charge in [0.15, 0.2) is 0 Å². The molecule has 0 saturated heterocycles. The standard InChI is InChI=1S/C15H22N2O4/c1-9-12(10(2)16-13(9)15(20)21)14(19)17(7-4-8-18)11-5-3-6-11/h11,16,18H,3-8H2,1-2H3,(H,20,21). The predicted molar refractivity (Wildman–Crippen MR) is 77.6 cm³/mol. The summed E-state index contributed by atoms with van der Waals surface area (Å²) >= 11 is 0. The Kier molecular flexibility index (Phi) is 4.67. The minimum Gasteiger partial charge on any atom is -0.477 e. The van der Waals surface area contributed by atoms with E-state index in [1.165, 1.54) is 0 Å². The van der Waals surface area contributed by atoms with Gasteiger partial charge in [-0.3, -0.25) is 4.79 Å². The first-order chi connectivity index (χ1) is 9.97. The minimum absolute atomic E-state index is 0.0436. The topological polar surface area (TPSA) is 93.6 Å². The van der Waals surface area contributed by atoms with Gasteiger partial charge < -0.3 is 20.1 Å². The van der Waals surface area contributed by atoms with Gasteiger partial charge in [-0.1, -0.05) is 0 Å². The fourth-order valence-corrected chi connectivity index (χ4v) is 2.82. The SMILES string of the molecule is Cc1[nH]c(C(=O)O)c(C)c1C(=O)N(CCCO)C1CCC1. The first kappa shape index (κ1) is 15.6. The van der Waals surface area contributed by atoms with E-state index >= 15 is 0 Å². The van der Waals surface area contributed by atoms with Crippen LogP contribution in [0.4, 0.5) is 0 Å². The van der Waals surface area contributed by atoms with Crippen LogP contribution in [-0.2, 0) is 0 Å². The number of aromatic amines is 1. The number of hydrogen-bond donors (Lipinski definition) is 3. The molecule has 0 aromatic carbocycles. The Bertz CT molecular complexity index is 546. The molecule has 0 spiro atoms. The van der Waals surface area contributed by atoms with Crippen LogP contribution in [0.1, 0.15) is 57.8 Å². The van der Waals surface area contributed by atoms with Crippen molar-refractivity contribution in [1.29, 1.82) is 0 Å². The molecule has 1 saturated carbocycles. The van der Waals surface area contributed by atoms with Gasteiger partial charge in [-0.25, -0.2) is 4.79 Å². The highest BCUT2D eigenvalue weighted by Crippen LogP contribution is 2.28. The number of aromatic carboxylic acids is 1. The van der Waals surface area contributed by atoms with Crippen molar-refractivity contribution in [3.8, 4) is 0 Å². The predicted octanol–water partition coefficient (Wildman–Crippen LogP) is 1.71. The summed E-state index contributed by atoms with van der Waals surface area (Å²) in [7, 11) is 0. The summed E-state index contributed by atoms with van der Waals surface area (Å²) < 4.78 is 0. The smallest absolute Gasteiger partial charge is 0.352 e. The lowest BCUT2D eigenvalue weighted by Crippen LogP contribution is -2.45. The number of amides is 1. The third kappa shape index (κ3) is 2.95. The third-order valence-corrected chi connectivity index (χ3v) is 4.20. The van der Waals surface area contributed by atoms with E-state index in [4.69, 9.17) is 10.2 Å². The Morgan fingerprint density at radius 1 is 1.33 bits per heavy atom. The summed E-state index contributed by atoms with van der Waals surface area (Å²) in [6.45, 7) is 3.93. The van der Waals surface area contributed by atoms with Crippen LogP contribution in [0.2, 0.25) is 0 Å². The number of nitrogens with zero attached hydrogens (tertiary/aromatic N) is 1. The second-order valence-electron chi connectivity index (χ2n) is 5.59. The van der Waals surface area contributed by atoms with Gasteiger partial charge in [-0.2, -0.15) is 0 Å². The van der Waals surface area contributed by atoms with E-state index in [1.807, 2.05) is 0 Å². The number of hydrogen-bond acceptors (Lipinski definition) is 3. The molecule has 116 valence electrons. The van der Waals surface area contributed by atoms with Crippen molar-refractivity contribution >= 4 is 11.9 Å². The lowest BCUT2D eigenvalue weighted by Gasteiger charge is -2.37. The van der Waals surface area contributed by atoms with Crippen molar-refractivity contribution in [3.05, 3.63) is 22.5 Å². The van der Waals surface area contributed by atoms with Crippen LogP contribution in [0.25, 0.3) is 0 Å². The molecule has 0 atom stereocenters. The third-order valence-electron chi connectivity index (χ3n) is 4.20. The van der Waals surface area contributed by atoms with Crippen LogP contribution < -0.4 is 0 Å². The normalized spacial score (nSPS) is 14.8. The summed E-state index contributed by atoms with van der Waals surface area (Å²) in [5.74, 6) is -1.19. The average molecular weight is 294 g/mol. The van der Waals surface area contributed by atoms with Crippen LogP contribution in [-0.4, -0.2) is 51.2 Å². The van der Waals surface area contributed by atoms with E-state index in [-0.39, 0.29) is 24.2 Å². The van der Waals surface area contributed by atoms with Gasteiger partial charge in [-0.05, 0) is 45.1 Å². The van der Waals surface area contributed by atoms with Gasteiger partial charge in [0.2, 0.25) is 0 Å². The highest BCUT2D eigenvalue weighted by molar-refractivity contribution is 6.01. The highest BCUT2D eigenvalue weighted by Gasteiger charge is 2.32. The number of carbonyl (C=O) groups excluding carboxylic acids is 1. The van der Waals surface area contributed by atoms with Gasteiger partial charge in [0, 0.05) is 24.9 Å². The molecule has 1 aliphatic rings. The number of aliphatic hydroxyl groups excluding tert-OH is 1. The number of carbonyl (C=O) groups is 2. The summed E-state index contributed by atoms with van der Waals surface area (Å²) in [5, 5.41) is 18.1. The van der Waals surface area contributed by atoms with E-state index in [0.717, 1.165) is 19.3 Å². The minimum atomic E-state index is -1.06. The van der Waals surface area contributed by atoms with Gasteiger partial charge in [0.05, 0.1) is 5.56 Å². The molecule has 1 fully saturated rings. The van der Waals surface area contributed by atoms with Crippen LogP contribution >= 0.6 is 0 Å². The van der Waals surface area contributed by atoms with Crippen LogP contribution in [0.5, 0.6) is 0 Å². The first-order valence-corrected chi connectivity index (χ1v) is 7.31. The molecule has 0 unspecified atom stereocenters. The number of carboxylic acids is 1. The molecule has 1 aromatic rings. The molecule has 21 heavy (non-hydrogen) atoms. The molecule has 1 amide bonds. The summed E-state index contributed by atoms with van der Waals surface area (Å²) in [5.41, 5.74) is 1.60. The zero-order valence-electron chi connectivity index (χ0n) is 12.5. The van der Waals surface area contributed by atoms with Crippen molar-refractivity contribution in [3.63, 3.8) is 0 Å². The molecule has 0 bridgehead atoms. The highest BCUT2D eigenvalue weighted by atomic mass is 16.4.